The Hall–Kier alpha value is -3.12. The highest BCUT2D eigenvalue weighted by atomic mass is 16.3. The van der Waals surface area contributed by atoms with E-state index in [1.807, 2.05) is 60.5 Å². The van der Waals surface area contributed by atoms with Gasteiger partial charge in [0.05, 0.1) is 30.2 Å². The van der Waals surface area contributed by atoms with Crippen molar-refractivity contribution in [2.45, 2.75) is 6.61 Å². The van der Waals surface area contributed by atoms with E-state index in [1.54, 1.807) is 0 Å². The van der Waals surface area contributed by atoms with Gasteiger partial charge in [0.1, 0.15) is 11.5 Å². The van der Waals surface area contributed by atoms with Crippen molar-refractivity contribution in [3.8, 4) is 0 Å². The number of rotatable bonds is 2. The third-order valence-corrected chi connectivity index (χ3v) is 4.42. The molecule has 0 aromatic heterocycles. The number of hydrogen-bond acceptors (Lipinski definition) is 5. The number of likely N-dealkylation sites (N-methyl/N-ethyl adjacent to an activating group) is 1. The van der Waals surface area contributed by atoms with Gasteiger partial charge in [0.2, 0.25) is 0 Å². The van der Waals surface area contributed by atoms with Crippen LogP contribution in [0.15, 0.2) is 65.0 Å². The number of para-hydroxylation sites is 2. The number of hydrogen-bond donors (Lipinski definition) is 4. The van der Waals surface area contributed by atoms with Gasteiger partial charge in [-0.25, -0.2) is 4.99 Å². The van der Waals surface area contributed by atoms with Crippen molar-refractivity contribution in [2.75, 3.05) is 24.2 Å². The second-order valence-electron chi connectivity index (χ2n) is 6.10. The summed E-state index contributed by atoms with van der Waals surface area (Å²) >= 11 is 0. The second kappa shape index (κ2) is 6.07. The Bertz CT molecular complexity index is 889. The first-order valence-corrected chi connectivity index (χ1v) is 8.11. The quantitative estimate of drug-likeness (QED) is 0.681. The summed E-state index contributed by atoms with van der Waals surface area (Å²) in [5, 5.41) is 24.6. The third kappa shape index (κ3) is 2.66. The largest absolute Gasteiger partial charge is 0.392 e. The van der Waals surface area contributed by atoms with E-state index in [2.05, 4.69) is 10.6 Å². The summed E-state index contributed by atoms with van der Waals surface area (Å²) in [6, 6.07) is 15.6. The van der Waals surface area contributed by atoms with Crippen LogP contribution in [0.5, 0.6) is 0 Å². The van der Waals surface area contributed by atoms with Crippen LogP contribution in [-0.2, 0) is 6.61 Å². The van der Waals surface area contributed by atoms with Gasteiger partial charge in [-0.2, -0.15) is 0 Å². The SMILES string of the molecule is CN1CC(c2ccccc2CO)=NC(=C2Nc3ccccc3N2)C1=N. The van der Waals surface area contributed by atoms with E-state index in [4.69, 9.17) is 10.4 Å². The van der Waals surface area contributed by atoms with E-state index < -0.39 is 0 Å². The van der Waals surface area contributed by atoms with E-state index in [1.165, 1.54) is 0 Å². The van der Waals surface area contributed by atoms with Crippen LogP contribution >= 0.6 is 0 Å². The molecular weight excluding hydrogens is 314 g/mol. The number of benzene rings is 2. The van der Waals surface area contributed by atoms with E-state index >= 15 is 0 Å². The smallest absolute Gasteiger partial charge is 0.150 e. The summed E-state index contributed by atoms with van der Waals surface area (Å²) in [6.45, 7) is 0.490. The number of nitrogens with one attached hydrogen (secondary N) is 3. The molecule has 0 atom stereocenters. The van der Waals surface area contributed by atoms with Crippen LogP contribution in [0.25, 0.3) is 0 Å². The fourth-order valence-corrected chi connectivity index (χ4v) is 3.09. The van der Waals surface area contributed by atoms with E-state index in [0.29, 0.717) is 23.9 Å². The van der Waals surface area contributed by atoms with E-state index in [0.717, 1.165) is 28.2 Å². The predicted octanol–water partition coefficient (Wildman–Crippen LogP) is 2.60. The highest BCUT2D eigenvalue weighted by Crippen LogP contribution is 2.32. The Morgan fingerprint density at radius 1 is 1.08 bits per heavy atom. The summed E-state index contributed by atoms with van der Waals surface area (Å²) in [7, 11) is 1.88. The molecule has 25 heavy (non-hydrogen) atoms. The van der Waals surface area contributed by atoms with E-state index in [-0.39, 0.29) is 6.61 Å². The molecule has 126 valence electrons. The Morgan fingerprint density at radius 3 is 2.40 bits per heavy atom. The van der Waals surface area contributed by atoms with Crippen molar-refractivity contribution in [3.63, 3.8) is 0 Å². The highest BCUT2D eigenvalue weighted by molar-refractivity contribution is 6.12. The first-order valence-electron chi connectivity index (χ1n) is 8.11. The molecule has 0 aliphatic carbocycles. The second-order valence-corrected chi connectivity index (χ2v) is 6.10. The van der Waals surface area contributed by atoms with Crippen molar-refractivity contribution in [1.82, 2.24) is 4.90 Å². The summed E-state index contributed by atoms with van der Waals surface area (Å²) < 4.78 is 0. The maximum atomic E-state index is 9.62. The van der Waals surface area contributed by atoms with Crippen molar-refractivity contribution in [3.05, 3.63) is 71.2 Å². The predicted molar refractivity (Wildman–Crippen MR) is 100.0 cm³/mol. The first-order chi connectivity index (χ1) is 12.2. The van der Waals surface area contributed by atoms with Gasteiger partial charge in [-0.3, -0.25) is 5.41 Å². The summed E-state index contributed by atoms with van der Waals surface area (Å²) in [5.74, 6) is 1.06. The number of aliphatic imine (C=N–C) groups is 1. The van der Waals surface area contributed by atoms with E-state index in [9.17, 15) is 5.11 Å². The molecule has 0 saturated carbocycles. The average molecular weight is 333 g/mol. The molecule has 0 radical (unpaired) electrons. The fourth-order valence-electron chi connectivity index (χ4n) is 3.09. The molecule has 2 heterocycles. The maximum absolute atomic E-state index is 9.62. The standard InChI is InChI=1S/C19H19N5O/c1-24-10-16(13-7-3-2-6-12(13)11-25)21-17(18(24)20)19-22-14-8-4-5-9-15(14)23-19/h2-9,20,22-23,25H,10-11H2,1H3. The Morgan fingerprint density at radius 2 is 1.72 bits per heavy atom. The van der Waals surface area contributed by atoms with Crippen LogP contribution < -0.4 is 10.6 Å². The van der Waals surface area contributed by atoms with Gasteiger partial charge in [-0.05, 0) is 17.7 Å². The minimum atomic E-state index is -0.0375. The topological polar surface area (TPSA) is 83.7 Å². The van der Waals surface area contributed by atoms with Crippen LogP contribution in [0.2, 0.25) is 0 Å². The number of aliphatic hydroxyl groups excluding tert-OH is 1. The lowest BCUT2D eigenvalue weighted by atomic mass is 10.0. The van der Waals surface area contributed by atoms with Crippen molar-refractivity contribution in [2.24, 2.45) is 4.99 Å². The number of amidine groups is 1. The molecule has 6 heteroatoms. The molecule has 0 spiro atoms. The highest BCUT2D eigenvalue weighted by Gasteiger charge is 2.27. The Balaban J connectivity index is 1.80. The van der Waals surface area contributed by atoms with Crippen LogP contribution in [0.1, 0.15) is 11.1 Å². The number of nitrogens with zero attached hydrogens (tertiary/aromatic N) is 2. The minimum absolute atomic E-state index is 0.0375. The maximum Gasteiger partial charge on any atom is 0.150 e. The summed E-state index contributed by atoms with van der Waals surface area (Å²) in [4.78, 5) is 6.60. The van der Waals surface area contributed by atoms with Crippen LogP contribution in [0, 0.1) is 5.41 Å². The molecule has 2 aliphatic rings. The molecule has 0 unspecified atom stereocenters. The van der Waals surface area contributed by atoms with Crippen LogP contribution in [0.3, 0.4) is 0 Å². The zero-order valence-corrected chi connectivity index (χ0v) is 13.9. The van der Waals surface area contributed by atoms with Gasteiger partial charge in [-0.1, -0.05) is 36.4 Å². The third-order valence-electron chi connectivity index (χ3n) is 4.42. The molecule has 0 fully saturated rings. The molecule has 2 aromatic carbocycles. The van der Waals surface area contributed by atoms with Crippen molar-refractivity contribution >= 4 is 22.9 Å². The molecule has 0 saturated heterocycles. The van der Waals surface area contributed by atoms with Gasteiger partial charge < -0.3 is 20.6 Å². The van der Waals surface area contributed by atoms with Crippen LogP contribution in [0.4, 0.5) is 11.4 Å². The van der Waals surface area contributed by atoms with Crippen LogP contribution in [-0.4, -0.2) is 35.1 Å². The number of anilines is 2. The molecule has 2 aliphatic heterocycles. The molecule has 4 rings (SSSR count). The van der Waals surface area contributed by atoms with Gasteiger partial charge >= 0.3 is 0 Å². The minimum Gasteiger partial charge on any atom is -0.392 e. The molecule has 6 nitrogen and oxygen atoms in total. The zero-order chi connectivity index (χ0) is 17.4. The summed E-state index contributed by atoms with van der Waals surface area (Å²) in [5.41, 5.74) is 5.09. The number of aliphatic hydroxyl groups is 1. The zero-order valence-electron chi connectivity index (χ0n) is 13.9. The van der Waals surface area contributed by atoms with Gasteiger partial charge in [0, 0.05) is 12.6 Å². The first kappa shape index (κ1) is 15.4. The molecule has 4 N–H and O–H groups in total. The molecular formula is C19H19N5O. The lowest BCUT2D eigenvalue weighted by molar-refractivity contribution is 0.281. The Kier molecular flexibility index (Phi) is 3.74. The number of fused-ring (bicyclic) bond motifs is 1. The monoisotopic (exact) mass is 333 g/mol. The molecule has 0 amide bonds. The fraction of sp³-hybridized carbons (Fsp3) is 0.158. The van der Waals surface area contributed by atoms with Crippen molar-refractivity contribution < 1.29 is 5.11 Å². The van der Waals surface area contributed by atoms with Crippen molar-refractivity contribution in [1.29, 1.82) is 5.41 Å². The Labute approximate surface area is 146 Å². The molecule has 0 bridgehead atoms. The lowest BCUT2D eigenvalue weighted by Gasteiger charge is -2.28. The average Bonchev–Trinajstić information content (AvgIpc) is 3.07. The van der Waals surface area contributed by atoms with Gasteiger partial charge in [0.25, 0.3) is 0 Å². The molecule has 2 aromatic rings. The normalized spacial score (nSPS) is 16.3. The van der Waals surface area contributed by atoms with Gasteiger partial charge in [-0.15, -0.1) is 0 Å². The summed E-state index contributed by atoms with van der Waals surface area (Å²) in [6.07, 6.45) is 0. The van der Waals surface area contributed by atoms with Gasteiger partial charge in [0.15, 0.2) is 5.84 Å². The lowest BCUT2D eigenvalue weighted by Crippen LogP contribution is -2.38.